The summed E-state index contributed by atoms with van der Waals surface area (Å²) < 4.78 is 56.0. The van der Waals surface area contributed by atoms with Gasteiger partial charge in [0.05, 0.1) is 12.7 Å². The van der Waals surface area contributed by atoms with Gasteiger partial charge in [0, 0.05) is 37.8 Å². The highest BCUT2D eigenvalue weighted by atomic mass is 19.4. The normalized spacial score (nSPS) is 16.7. The minimum Gasteiger partial charge on any atom is -0.435 e. The number of alkyl halides is 3. The second kappa shape index (κ2) is 9.94. The average Bonchev–Trinajstić information content (AvgIpc) is 3.53. The first kappa shape index (κ1) is 25.3. The number of aromatic nitrogens is 4. The van der Waals surface area contributed by atoms with Crippen LogP contribution >= 0.6 is 0 Å². The Bertz CT molecular complexity index is 1630. The van der Waals surface area contributed by atoms with Gasteiger partial charge < -0.3 is 13.7 Å². The molecule has 39 heavy (non-hydrogen) atoms. The maximum absolute atomic E-state index is 14.2. The molecule has 7 nitrogen and oxygen atoms in total. The molecule has 5 aromatic rings. The number of aryl methyl sites for hydroxylation is 1. The predicted molar refractivity (Wildman–Crippen MR) is 141 cm³/mol. The fraction of sp³-hybridized carbons (Fsp3) is 0.276. The molecule has 0 bridgehead atoms. The molecule has 0 radical (unpaired) electrons. The van der Waals surface area contributed by atoms with Gasteiger partial charge in [-0.1, -0.05) is 42.5 Å². The molecule has 3 heterocycles. The van der Waals surface area contributed by atoms with E-state index in [0.29, 0.717) is 48.8 Å². The molecular formula is C29H26F3N5O2. The van der Waals surface area contributed by atoms with E-state index in [0.717, 1.165) is 11.1 Å². The first-order chi connectivity index (χ1) is 18.8. The first-order valence-electron chi connectivity index (χ1n) is 12.7. The lowest BCUT2D eigenvalue weighted by Crippen LogP contribution is -2.40. The molecule has 1 fully saturated rings. The van der Waals surface area contributed by atoms with Crippen molar-refractivity contribution in [2.24, 2.45) is 7.05 Å². The highest BCUT2D eigenvalue weighted by Crippen LogP contribution is 2.42. The number of hydrogen-bond acceptors (Lipinski definition) is 6. The van der Waals surface area contributed by atoms with Crippen LogP contribution in [0.15, 0.2) is 71.4 Å². The lowest BCUT2D eigenvalue weighted by atomic mass is 9.94. The van der Waals surface area contributed by atoms with Gasteiger partial charge >= 0.3 is 6.18 Å². The van der Waals surface area contributed by atoms with Gasteiger partial charge in [-0.25, -0.2) is 4.98 Å². The van der Waals surface area contributed by atoms with Crippen molar-refractivity contribution < 1.29 is 22.3 Å². The highest BCUT2D eigenvalue weighted by molar-refractivity contribution is 5.92. The van der Waals surface area contributed by atoms with E-state index < -0.39 is 11.7 Å². The number of fused-ring (bicyclic) bond motifs is 1. The smallest absolute Gasteiger partial charge is 0.420 e. The zero-order valence-corrected chi connectivity index (χ0v) is 21.4. The fourth-order valence-electron chi connectivity index (χ4n) is 5.14. The number of hydrogen-bond donors (Lipinski definition) is 0. The van der Waals surface area contributed by atoms with Crippen molar-refractivity contribution in [3.8, 4) is 34.0 Å². The molecule has 2 aromatic heterocycles. The molecule has 10 heteroatoms. The summed E-state index contributed by atoms with van der Waals surface area (Å²) in [4.78, 5) is 6.68. The minimum atomic E-state index is -4.61. The van der Waals surface area contributed by atoms with Gasteiger partial charge in [0.15, 0.2) is 11.4 Å². The van der Waals surface area contributed by atoms with E-state index in [1.165, 1.54) is 6.07 Å². The molecule has 0 aliphatic carbocycles. The van der Waals surface area contributed by atoms with Gasteiger partial charge in [-0.2, -0.15) is 13.2 Å². The predicted octanol–water partition coefficient (Wildman–Crippen LogP) is 6.20. The Hall–Kier alpha value is -4.02. The zero-order valence-electron chi connectivity index (χ0n) is 21.4. The van der Waals surface area contributed by atoms with E-state index in [-0.39, 0.29) is 23.1 Å². The summed E-state index contributed by atoms with van der Waals surface area (Å²) in [5.41, 5.74) is 2.52. The lowest BCUT2D eigenvalue weighted by molar-refractivity contribution is -0.136. The van der Waals surface area contributed by atoms with E-state index in [1.807, 2.05) is 56.4 Å². The maximum Gasteiger partial charge on any atom is 0.420 e. The molecule has 1 aliphatic rings. The Kier molecular flexibility index (Phi) is 6.44. The van der Waals surface area contributed by atoms with Crippen LogP contribution in [-0.4, -0.2) is 50.4 Å². The van der Waals surface area contributed by atoms with Crippen LogP contribution in [-0.2, 0) is 24.5 Å². The Morgan fingerprint density at radius 1 is 1.03 bits per heavy atom. The molecule has 0 spiro atoms. The third-order valence-corrected chi connectivity index (χ3v) is 6.90. The number of nitrogens with zero attached hydrogens (tertiary/aromatic N) is 5. The number of rotatable bonds is 5. The Balaban J connectivity index is 1.52. The summed E-state index contributed by atoms with van der Waals surface area (Å²) in [5, 5.41) is 8.33. The van der Waals surface area contributed by atoms with Crippen molar-refractivity contribution in [2.45, 2.75) is 25.7 Å². The van der Waals surface area contributed by atoms with E-state index >= 15 is 0 Å². The van der Waals surface area contributed by atoms with Gasteiger partial charge in [-0.15, -0.1) is 10.2 Å². The van der Waals surface area contributed by atoms with Crippen LogP contribution in [0.5, 0.6) is 0 Å². The van der Waals surface area contributed by atoms with Crippen molar-refractivity contribution >= 4 is 11.1 Å². The molecule has 1 unspecified atom stereocenters. The third kappa shape index (κ3) is 4.93. The second-order valence-corrected chi connectivity index (χ2v) is 9.78. The monoisotopic (exact) mass is 533 g/mol. The fourth-order valence-corrected chi connectivity index (χ4v) is 5.14. The van der Waals surface area contributed by atoms with E-state index in [9.17, 15) is 13.2 Å². The van der Waals surface area contributed by atoms with Crippen LogP contribution in [0.25, 0.3) is 45.1 Å². The average molecular weight is 534 g/mol. The van der Waals surface area contributed by atoms with E-state index in [4.69, 9.17) is 9.15 Å². The van der Waals surface area contributed by atoms with Crippen LogP contribution in [0.3, 0.4) is 0 Å². The number of morpholine rings is 1. The molecule has 200 valence electrons. The van der Waals surface area contributed by atoms with Crippen molar-refractivity contribution in [1.82, 2.24) is 24.6 Å². The summed E-state index contributed by atoms with van der Waals surface area (Å²) >= 11 is 0. The largest absolute Gasteiger partial charge is 0.435 e. The van der Waals surface area contributed by atoms with Gasteiger partial charge in [-0.05, 0) is 41.8 Å². The molecule has 0 amide bonds. The van der Waals surface area contributed by atoms with Crippen LogP contribution in [0.4, 0.5) is 13.2 Å². The molecule has 1 atom stereocenters. The Morgan fingerprint density at radius 2 is 1.82 bits per heavy atom. The van der Waals surface area contributed by atoms with Crippen LogP contribution < -0.4 is 0 Å². The van der Waals surface area contributed by atoms with Crippen molar-refractivity contribution in [1.29, 1.82) is 0 Å². The topological polar surface area (TPSA) is 69.2 Å². The summed E-state index contributed by atoms with van der Waals surface area (Å²) in [6.07, 6.45) is -3.01. The Morgan fingerprint density at radius 3 is 2.54 bits per heavy atom. The zero-order chi connectivity index (χ0) is 27.1. The number of halogens is 3. The minimum absolute atomic E-state index is 0.0270. The first-order valence-corrected chi connectivity index (χ1v) is 12.7. The lowest BCUT2D eigenvalue weighted by Gasteiger charge is -2.31. The summed E-state index contributed by atoms with van der Waals surface area (Å²) in [6, 6.07) is 18.1. The third-order valence-electron chi connectivity index (χ3n) is 6.90. The maximum atomic E-state index is 14.2. The van der Waals surface area contributed by atoms with Crippen molar-refractivity contribution in [2.75, 3.05) is 19.7 Å². The SMILES string of the molecule is CC1CN(Cc2cc(C(F)(F)F)c3oc(-c4cccc(-c5ccccc5)c4-c4nncn4C)nc3c2)CCO1. The number of ether oxygens (including phenoxy) is 1. The summed E-state index contributed by atoms with van der Waals surface area (Å²) in [5.74, 6) is 0.633. The molecule has 3 aromatic carbocycles. The molecular weight excluding hydrogens is 507 g/mol. The van der Waals surface area contributed by atoms with Gasteiger partial charge in [0.25, 0.3) is 0 Å². The van der Waals surface area contributed by atoms with Crippen LogP contribution in [0.1, 0.15) is 18.1 Å². The summed E-state index contributed by atoms with van der Waals surface area (Å²) in [6.45, 7) is 4.17. The standard InChI is InChI=1S/C29H26F3N5O2/c1-18-15-37(11-12-38-18)16-19-13-23(29(30,31)32)26-24(14-19)34-28(39-26)22-10-6-9-21(20-7-4-3-5-8-20)25(22)27-35-33-17-36(27)2/h3-10,13-14,17-18H,11-12,15-16H2,1-2H3. The molecule has 0 N–H and O–H groups in total. The molecule has 0 saturated carbocycles. The van der Waals surface area contributed by atoms with E-state index in [1.54, 1.807) is 23.0 Å². The van der Waals surface area contributed by atoms with Crippen LogP contribution in [0.2, 0.25) is 0 Å². The number of benzene rings is 3. The van der Waals surface area contributed by atoms with Crippen LogP contribution in [0, 0.1) is 0 Å². The number of oxazole rings is 1. The van der Waals surface area contributed by atoms with E-state index in [2.05, 4.69) is 20.1 Å². The van der Waals surface area contributed by atoms with Crippen molar-refractivity contribution in [3.63, 3.8) is 0 Å². The van der Waals surface area contributed by atoms with Gasteiger partial charge in [-0.3, -0.25) is 4.90 Å². The molecule has 1 saturated heterocycles. The van der Waals surface area contributed by atoms with Crippen molar-refractivity contribution in [3.05, 3.63) is 78.1 Å². The van der Waals surface area contributed by atoms with Gasteiger partial charge in [0.1, 0.15) is 17.4 Å². The second-order valence-electron chi connectivity index (χ2n) is 9.78. The summed E-state index contributed by atoms with van der Waals surface area (Å²) in [7, 11) is 1.81. The van der Waals surface area contributed by atoms with Gasteiger partial charge in [0.2, 0.25) is 5.89 Å². The molecule has 6 rings (SSSR count). The quantitative estimate of drug-likeness (QED) is 0.268. The highest BCUT2D eigenvalue weighted by Gasteiger charge is 2.36. The molecule has 1 aliphatic heterocycles. The Labute approximate surface area is 222 Å².